The van der Waals surface area contributed by atoms with Gasteiger partial charge in [-0.1, -0.05) is 25.3 Å². The summed E-state index contributed by atoms with van der Waals surface area (Å²) < 4.78 is 40.3. The molecule has 0 radical (unpaired) electrons. The van der Waals surface area contributed by atoms with E-state index < -0.39 is 15.8 Å². The highest BCUT2D eigenvalue weighted by molar-refractivity contribution is 7.89. The minimum absolute atomic E-state index is 0.00706. The Morgan fingerprint density at radius 1 is 1.07 bits per heavy atom. The lowest BCUT2D eigenvalue weighted by molar-refractivity contribution is -0.896. The van der Waals surface area contributed by atoms with Crippen LogP contribution in [0.1, 0.15) is 32.1 Å². The first-order valence-corrected chi connectivity index (χ1v) is 12.2. The third kappa shape index (κ3) is 4.64. The number of quaternary nitrogens is 1. The molecule has 1 amide bonds. The van der Waals surface area contributed by atoms with Crippen LogP contribution in [0.4, 0.5) is 4.39 Å². The van der Waals surface area contributed by atoms with Crippen LogP contribution in [0.25, 0.3) is 0 Å². The monoisotopic (exact) mass is 424 g/mol. The van der Waals surface area contributed by atoms with Gasteiger partial charge in [-0.05, 0) is 42.9 Å². The van der Waals surface area contributed by atoms with Gasteiger partial charge in [-0.2, -0.15) is 4.31 Å². The van der Waals surface area contributed by atoms with Crippen molar-refractivity contribution in [3.8, 4) is 0 Å². The van der Waals surface area contributed by atoms with Gasteiger partial charge in [0, 0.05) is 13.1 Å². The number of hydrogen-bond acceptors (Lipinski definition) is 3. The van der Waals surface area contributed by atoms with E-state index in [1.54, 1.807) is 0 Å². The smallest absolute Gasteiger partial charge is 0.277 e. The van der Waals surface area contributed by atoms with Crippen molar-refractivity contribution in [1.82, 2.24) is 9.21 Å². The molecular formula is C21H31FN3O3S+. The van der Waals surface area contributed by atoms with Crippen LogP contribution < -0.4 is 4.90 Å². The second-order valence-electron chi connectivity index (χ2n) is 8.72. The first kappa shape index (κ1) is 20.8. The summed E-state index contributed by atoms with van der Waals surface area (Å²) in [5, 5.41) is 0. The molecule has 1 aromatic rings. The van der Waals surface area contributed by atoms with Crippen molar-refractivity contribution in [3.63, 3.8) is 0 Å². The Balaban J connectivity index is 1.29. The van der Waals surface area contributed by atoms with Gasteiger partial charge in [0.05, 0.1) is 31.1 Å². The molecule has 3 aliphatic rings. The van der Waals surface area contributed by atoms with E-state index in [2.05, 4.69) is 0 Å². The number of carbonyl (C=O) groups is 1. The molecule has 1 aromatic carbocycles. The number of carbonyl (C=O) groups excluding carboxylic acids is 1. The predicted octanol–water partition coefficient (Wildman–Crippen LogP) is 0.754. The van der Waals surface area contributed by atoms with E-state index in [0.717, 1.165) is 36.4 Å². The molecule has 160 valence electrons. The number of fused-ring (bicyclic) bond motifs is 1. The van der Waals surface area contributed by atoms with Crippen molar-refractivity contribution in [2.24, 2.45) is 11.8 Å². The summed E-state index contributed by atoms with van der Waals surface area (Å²) in [5.74, 6) is 1.12. The molecule has 1 N–H and O–H groups in total. The number of piperazine rings is 1. The molecule has 0 aromatic heterocycles. The minimum Gasteiger partial charge on any atom is -0.338 e. The maximum absolute atomic E-state index is 13.4. The Kier molecular flexibility index (Phi) is 6.22. The SMILES string of the molecule is O=C(C[NH+]1CCN(S(=O)(=O)c2cccc(F)c2)CC1)N1CC[C@H]2CCCC[C@@H]2C1. The summed E-state index contributed by atoms with van der Waals surface area (Å²) in [6.45, 7) is 4.11. The van der Waals surface area contributed by atoms with Crippen LogP contribution in [0.2, 0.25) is 0 Å². The number of sulfonamides is 1. The van der Waals surface area contributed by atoms with E-state index in [9.17, 15) is 17.6 Å². The fourth-order valence-corrected chi connectivity index (χ4v) is 6.62. The second kappa shape index (κ2) is 8.70. The molecular weight excluding hydrogens is 393 g/mol. The molecule has 6 nitrogen and oxygen atoms in total. The molecule has 0 unspecified atom stereocenters. The maximum atomic E-state index is 13.4. The van der Waals surface area contributed by atoms with Crippen molar-refractivity contribution in [3.05, 3.63) is 30.1 Å². The van der Waals surface area contributed by atoms with Gasteiger partial charge in [0.1, 0.15) is 5.82 Å². The topological polar surface area (TPSA) is 62.1 Å². The van der Waals surface area contributed by atoms with Gasteiger partial charge in [-0.15, -0.1) is 0 Å². The van der Waals surface area contributed by atoms with Gasteiger partial charge in [0.2, 0.25) is 10.0 Å². The van der Waals surface area contributed by atoms with Crippen LogP contribution in [0.5, 0.6) is 0 Å². The first-order chi connectivity index (χ1) is 13.9. The second-order valence-corrected chi connectivity index (χ2v) is 10.7. The molecule has 8 heteroatoms. The third-order valence-electron chi connectivity index (χ3n) is 6.91. The van der Waals surface area contributed by atoms with Gasteiger partial charge >= 0.3 is 0 Å². The van der Waals surface area contributed by atoms with Crippen LogP contribution in [0.3, 0.4) is 0 Å². The molecule has 4 rings (SSSR count). The van der Waals surface area contributed by atoms with Gasteiger partial charge in [0.25, 0.3) is 5.91 Å². The summed E-state index contributed by atoms with van der Waals surface area (Å²) in [6.07, 6.45) is 6.32. The quantitative estimate of drug-likeness (QED) is 0.776. The Labute approximate surface area is 172 Å². The largest absolute Gasteiger partial charge is 0.338 e. The standard InChI is InChI=1S/C21H30FN3O3S/c22-19-6-3-7-20(14-19)29(27,28)25-12-10-23(11-13-25)16-21(26)24-9-8-17-4-1-2-5-18(17)15-24/h3,6-7,14,17-18H,1-2,4-5,8-13,15-16H2/p+1/t17-,18-/m1/s1. The minimum atomic E-state index is -3.69. The van der Waals surface area contributed by atoms with Gasteiger partial charge in [-0.3, -0.25) is 4.79 Å². The van der Waals surface area contributed by atoms with E-state index in [4.69, 9.17) is 0 Å². The normalized spacial score (nSPS) is 26.9. The summed E-state index contributed by atoms with van der Waals surface area (Å²) in [7, 11) is -3.69. The van der Waals surface area contributed by atoms with E-state index in [-0.39, 0.29) is 10.8 Å². The first-order valence-electron chi connectivity index (χ1n) is 10.8. The zero-order valence-corrected chi connectivity index (χ0v) is 17.7. The van der Waals surface area contributed by atoms with Crippen molar-refractivity contribution in [1.29, 1.82) is 0 Å². The Bertz CT molecular complexity index is 839. The molecule has 2 saturated heterocycles. The van der Waals surface area contributed by atoms with Crippen molar-refractivity contribution in [2.75, 3.05) is 45.8 Å². The number of halogens is 1. The average Bonchev–Trinajstić information content (AvgIpc) is 2.74. The fraction of sp³-hybridized carbons (Fsp3) is 0.667. The molecule has 2 aliphatic heterocycles. The molecule has 2 heterocycles. The zero-order valence-electron chi connectivity index (χ0n) is 16.9. The number of amides is 1. The van der Waals surface area contributed by atoms with E-state index in [1.807, 2.05) is 4.90 Å². The van der Waals surface area contributed by atoms with Gasteiger partial charge < -0.3 is 9.80 Å². The van der Waals surface area contributed by atoms with Crippen molar-refractivity contribution in [2.45, 2.75) is 37.0 Å². The Morgan fingerprint density at radius 2 is 1.79 bits per heavy atom. The van der Waals surface area contributed by atoms with Gasteiger partial charge in [-0.25, -0.2) is 12.8 Å². The highest BCUT2D eigenvalue weighted by Crippen LogP contribution is 2.35. The molecule has 3 fully saturated rings. The van der Waals surface area contributed by atoms with Crippen molar-refractivity contribution >= 4 is 15.9 Å². The summed E-state index contributed by atoms with van der Waals surface area (Å²) in [4.78, 5) is 16.0. The van der Waals surface area contributed by atoms with Crippen LogP contribution >= 0.6 is 0 Å². The Hall–Kier alpha value is -1.51. The summed E-state index contributed by atoms with van der Waals surface area (Å²) >= 11 is 0. The highest BCUT2D eigenvalue weighted by atomic mass is 32.2. The maximum Gasteiger partial charge on any atom is 0.277 e. The number of likely N-dealkylation sites (tertiary alicyclic amines) is 1. The molecule has 29 heavy (non-hydrogen) atoms. The van der Waals surface area contributed by atoms with Crippen LogP contribution in [0, 0.1) is 17.7 Å². The van der Waals surface area contributed by atoms with E-state index >= 15 is 0 Å². The number of nitrogens with one attached hydrogen (secondary N) is 1. The van der Waals surface area contributed by atoms with E-state index in [0.29, 0.717) is 38.6 Å². The summed E-state index contributed by atoms with van der Waals surface area (Å²) in [5.41, 5.74) is 0. The average molecular weight is 425 g/mol. The molecule has 0 spiro atoms. The molecule has 2 atom stereocenters. The predicted molar refractivity (Wildman–Crippen MR) is 107 cm³/mol. The third-order valence-corrected chi connectivity index (χ3v) is 8.80. The lowest BCUT2D eigenvalue weighted by Gasteiger charge is -2.41. The van der Waals surface area contributed by atoms with Crippen LogP contribution in [-0.2, 0) is 14.8 Å². The van der Waals surface area contributed by atoms with Crippen LogP contribution in [0.15, 0.2) is 29.2 Å². The molecule has 1 aliphatic carbocycles. The van der Waals surface area contributed by atoms with E-state index in [1.165, 1.54) is 48.2 Å². The van der Waals surface area contributed by atoms with Crippen LogP contribution in [-0.4, -0.2) is 69.3 Å². The zero-order chi connectivity index (χ0) is 20.4. The highest BCUT2D eigenvalue weighted by Gasteiger charge is 2.35. The summed E-state index contributed by atoms with van der Waals surface area (Å²) in [6, 6.07) is 5.14. The number of piperidine rings is 1. The Morgan fingerprint density at radius 3 is 2.52 bits per heavy atom. The molecule has 0 bridgehead atoms. The number of rotatable bonds is 4. The van der Waals surface area contributed by atoms with Crippen molar-refractivity contribution < 1.29 is 22.5 Å². The number of hydrogen-bond donors (Lipinski definition) is 1. The number of benzene rings is 1. The van der Waals surface area contributed by atoms with Gasteiger partial charge in [0.15, 0.2) is 6.54 Å². The fourth-order valence-electron chi connectivity index (χ4n) is 5.15. The lowest BCUT2D eigenvalue weighted by atomic mass is 9.75. The molecule has 1 saturated carbocycles. The lowest BCUT2D eigenvalue weighted by Crippen LogP contribution is -3.15. The number of nitrogens with zero attached hydrogens (tertiary/aromatic N) is 2.